The molecular weight excluding hydrogens is 268 g/mol. The van der Waals surface area contributed by atoms with E-state index in [0.717, 1.165) is 16.7 Å². The van der Waals surface area contributed by atoms with Gasteiger partial charge in [0, 0.05) is 0 Å². The van der Waals surface area contributed by atoms with Crippen molar-refractivity contribution >= 4 is 11.9 Å². The van der Waals surface area contributed by atoms with Crippen LogP contribution in [0.15, 0.2) is 29.8 Å². The summed E-state index contributed by atoms with van der Waals surface area (Å²) in [5.41, 5.74) is 3.07. The number of allylic oxidation sites excluding steroid dienone is 1. The van der Waals surface area contributed by atoms with Crippen molar-refractivity contribution in [3.8, 4) is 5.75 Å². The number of aryl methyl sites for hydroxylation is 1. The highest BCUT2D eigenvalue weighted by atomic mass is 16.5. The summed E-state index contributed by atoms with van der Waals surface area (Å²) in [5.74, 6) is -0.286. The van der Waals surface area contributed by atoms with Crippen molar-refractivity contribution < 1.29 is 19.1 Å². The first-order valence-electron chi connectivity index (χ1n) is 6.96. The highest BCUT2D eigenvalue weighted by molar-refractivity contribution is 5.79. The SMILES string of the molecule is CC(C)=CCOC(=O)CCC(=O)Oc1cccc(C)c1C. The lowest BCUT2D eigenvalue weighted by molar-refractivity contribution is -0.146. The van der Waals surface area contributed by atoms with Crippen molar-refractivity contribution in [2.75, 3.05) is 6.61 Å². The molecule has 0 aliphatic rings. The van der Waals surface area contributed by atoms with Crippen LogP contribution in [0.2, 0.25) is 0 Å². The average molecular weight is 290 g/mol. The molecule has 114 valence electrons. The minimum atomic E-state index is -0.428. The van der Waals surface area contributed by atoms with Crippen molar-refractivity contribution in [1.29, 1.82) is 0 Å². The van der Waals surface area contributed by atoms with E-state index in [1.807, 2.05) is 45.9 Å². The highest BCUT2D eigenvalue weighted by Crippen LogP contribution is 2.21. The monoisotopic (exact) mass is 290 g/mol. The molecule has 1 aromatic carbocycles. The molecule has 0 saturated carbocycles. The molecule has 0 saturated heterocycles. The predicted molar refractivity (Wildman–Crippen MR) is 81.2 cm³/mol. The molecule has 0 aromatic heterocycles. The van der Waals surface area contributed by atoms with Crippen LogP contribution in [-0.2, 0) is 14.3 Å². The summed E-state index contributed by atoms with van der Waals surface area (Å²) in [5, 5.41) is 0. The maximum atomic E-state index is 11.7. The number of carbonyl (C=O) groups is 2. The number of benzene rings is 1. The Kier molecular flexibility index (Phi) is 6.66. The Morgan fingerprint density at radius 3 is 2.43 bits per heavy atom. The van der Waals surface area contributed by atoms with Gasteiger partial charge < -0.3 is 9.47 Å². The fraction of sp³-hybridized carbons (Fsp3) is 0.412. The summed E-state index contributed by atoms with van der Waals surface area (Å²) in [6, 6.07) is 5.53. The largest absolute Gasteiger partial charge is 0.461 e. The van der Waals surface area contributed by atoms with E-state index < -0.39 is 11.9 Å². The number of rotatable bonds is 6. The molecule has 0 unspecified atom stereocenters. The molecule has 0 aliphatic heterocycles. The Hall–Kier alpha value is -2.10. The van der Waals surface area contributed by atoms with Gasteiger partial charge in [0.2, 0.25) is 0 Å². The summed E-state index contributed by atoms with van der Waals surface area (Å²) in [4.78, 5) is 23.2. The van der Waals surface area contributed by atoms with Gasteiger partial charge in [-0.05, 0) is 51.0 Å². The molecule has 0 spiro atoms. The van der Waals surface area contributed by atoms with Gasteiger partial charge in [-0.25, -0.2) is 0 Å². The zero-order chi connectivity index (χ0) is 15.8. The van der Waals surface area contributed by atoms with Gasteiger partial charge in [0.25, 0.3) is 0 Å². The van der Waals surface area contributed by atoms with Crippen molar-refractivity contribution in [3.05, 3.63) is 41.0 Å². The average Bonchev–Trinajstić information content (AvgIpc) is 2.41. The number of hydrogen-bond donors (Lipinski definition) is 0. The van der Waals surface area contributed by atoms with E-state index in [1.54, 1.807) is 6.07 Å². The van der Waals surface area contributed by atoms with E-state index in [-0.39, 0.29) is 19.4 Å². The van der Waals surface area contributed by atoms with Gasteiger partial charge in [-0.15, -0.1) is 0 Å². The number of hydrogen-bond acceptors (Lipinski definition) is 4. The normalized spacial score (nSPS) is 9.90. The van der Waals surface area contributed by atoms with Gasteiger partial charge in [-0.1, -0.05) is 17.7 Å². The van der Waals surface area contributed by atoms with E-state index in [0.29, 0.717) is 5.75 Å². The number of carbonyl (C=O) groups excluding carboxylic acids is 2. The minimum Gasteiger partial charge on any atom is -0.461 e. The summed E-state index contributed by atoms with van der Waals surface area (Å²) in [7, 11) is 0. The van der Waals surface area contributed by atoms with Gasteiger partial charge in [0.05, 0.1) is 12.8 Å². The molecule has 0 fully saturated rings. The molecule has 0 N–H and O–H groups in total. The van der Waals surface area contributed by atoms with Crippen molar-refractivity contribution in [1.82, 2.24) is 0 Å². The lowest BCUT2D eigenvalue weighted by atomic mass is 10.1. The number of ether oxygens (including phenoxy) is 2. The Morgan fingerprint density at radius 2 is 1.76 bits per heavy atom. The Labute approximate surface area is 125 Å². The highest BCUT2D eigenvalue weighted by Gasteiger charge is 2.11. The quantitative estimate of drug-likeness (QED) is 0.457. The molecule has 0 amide bonds. The Morgan fingerprint density at radius 1 is 1.10 bits per heavy atom. The topological polar surface area (TPSA) is 52.6 Å². The van der Waals surface area contributed by atoms with Gasteiger partial charge in [0.1, 0.15) is 12.4 Å². The standard InChI is InChI=1S/C17H22O4/c1-12(2)10-11-20-16(18)8-9-17(19)21-15-7-5-6-13(3)14(15)4/h5-7,10H,8-9,11H2,1-4H3. The molecule has 0 radical (unpaired) electrons. The van der Waals surface area contributed by atoms with Crippen LogP contribution in [-0.4, -0.2) is 18.5 Å². The molecule has 0 atom stereocenters. The van der Waals surface area contributed by atoms with Crippen molar-refractivity contribution in [2.24, 2.45) is 0 Å². The zero-order valence-electron chi connectivity index (χ0n) is 13.1. The second-order valence-electron chi connectivity index (χ2n) is 5.14. The summed E-state index contributed by atoms with van der Waals surface area (Å²) < 4.78 is 10.2. The fourth-order valence-electron chi connectivity index (χ4n) is 1.59. The molecule has 1 rings (SSSR count). The predicted octanol–water partition coefficient (Wildman–Crippen LogP) is 3.50. The molecule has 21 heavy (non-hydrogen) atoms. The van der Waals surface area contributed by atoms with Gasteiger partial charge in [-0.3, -0.25) is 9.59 Å². The van der Waals surface area contributed by atoms with Crippen LogP contribution in [0.1, 0.15) is 37.8 Å². The van der Waals surface area contributed by atoms with Gasteiger partial charge in [-0.2, -0.15) is 0 Å². The maximum Gasteiger partial charge on any atom is 0.311 e. The second-order valence-corrected chi connectivity index (χ2v) is 5.14. The molecule has 4 nitrogen and oxygen atoms in total. The van der Waals surface area contributed by atoms with Gasteiger partial charge >= 0.3 is 11.9 Å². The second kappa shape index (κ2) is 8.25. The minimum absolute atomic E-state index is 0.0149. The summed E-state index contributed by atoms with van der Waals surface area (Å²) >= 11 is 0. The zero-order valence-corrected chi connectivity index (χ0v) is 13.1. The van der Waals surface area contributed by atoms with Crippen LogP contribution in [0.3, 0.4) is 0 Å². The lowest BCUT2D eigenvalue weighted by Gasteiger charge is -2.09. The Bertz CT molecular complexity index is 540. The van der Waals surface area contributed by atoms with Crippen LogP contribution in [0.4, 0.5) is 0 Å². The van der Waals surface area contributed by atoms with Crippen LogP contribution in [0, 0.1) is 13.8 Å². The molecule has 0 aliphatic carbocycles. The molecule has 4 heteroatoms. The van der Waals surface area contributed by atoms with Crippen LogP contribution in [0.25, 0.3) is 0 Å². The van der Waals surface area contributed by atoms with E-state index >= 15 is 0 Å². The smallest absolute Gasteiger partial charge is 0.311 e. The lowest BCUT2D eigenvalue weighted by Crippen LogP contribution is -2.13. The van der Waals surface area contributed by atoms with E-state index in [1.165, 1.54) is 0 Å². The third-order valence-electron chi connectivity index (χ3n) is 3.05. The van der Waals surface area contributed by atoms with Crippen LogP contribution in [0.5, 0.6) is 5.75 Å². The van der Waals surface area contributed by atoms with Crippen molar-refractivity contribution in [2.45, 2.75) is 40.5 Å². The van der Waals surface area contributed by atoms with Gasteiger partial charge in [0.15, 0.2) is 0 Å². The molecule has 0 bridgehead atoms. The fourth-order valence-corrected chi connectivity index (χ4v) is 1.59. The third kappa shape index (κ3) is 6.25. The summed E-state index contributed by atoms with van der Waals surface area (Å²) in [6.07, 6.45) is 1.85. The summed E-state index contributed by atoms with van der Waals surface area (Å²) in [6.45, 7) is 7.94. The molecule has 0 heterocycles. The van der Waals surface area contributed by atoms with Crippen molar-refractivity contribution in [3.63, 3.8) is 0 Å². The van der Waals surface area contributed by atoms with Crippen LogP contribution >= 0.6 is 0 Å². The molecule has 1 aromatic rings. The first-order chi connectivity index (χ1) is 9.90. The maximum absolute atomic E-state index is 11.7. The Balaban J connectivity index is 2.39. The molecular formula is C17H22O4. The van der Waals surface area contributed by atoms with E-state index in [4.69, 9.17) is 9.47 Å². The van der Waals surface area contributed by atoms with E-state index in [2.05, 4.69) is 0 Å². The number of esters is 2. The first-order valence-corrected chi connectivity index (χ1v) is 6.96. The van der Waals surface area contributed by atoms with E-state index in [9.17, 15) is 9.59 Å². The third-order valence-corrected chi connectivity index (χ3v) is 3.05. The van der Waals surface area contributed by atoms with Crippen LogP contribution < -0.4 is 4.74 Å². The first kappa shape index (κ1) is 17.0.